The summed E-state index contributed by atoms with van der Waals surface area (Å²) in [6.45, 7) is 1.66. The van der Waals surface area contributed by atoms with Crippen LogP contribution in [-0.4, -0.2) is 16.9 Å². The van der Waals surface area contributed by atoms with Gasteiger partial charge in [-0.25, -0.2) is 0 Å². The van der Waals surface area contributed by atoms with Crippen molar-refractivity contribution >= 4 is 11.6 Å². The van der Waals surface area contributed by atoms with E-state index >= 15 is 0 Å². The Morgan fingerprint density at radius 2 is 2.06 bits per heavy atom. The average Bonchev–Trinajstić information content (AvgIpc) is 2.81. The highest BCUT2D eigenvalue weighted by Crippen LogP contribution is 2.21. The third kappa shape index (κ3) is 2.67. The van der Waals surface area contributed by atoms with Crippen molar-refractivity contribution in [2.75, 3.05) is 0 Å². The molecule has 1 amide bonds. The van der Waals surface area contributed by atoms with Crippen molar-refractivity contribution in [1.29, 1.82) is 0 Å². The van der Waals surface area contributed by atoms with E-state index in [2.05, 4.69) is 5.32 Å². The fourth-order valence-electron chi connectivity index (χ4n) is 2.29. The Labute approximate surface area is 105 Å². The van der Waals surface area contributed by atoms with Crippen LogP contribution in [0.15, 0.2) is 18.2 Å². The molecule has 5 nitrogen and oxygen atoms in total. The molecule has 0 unspecified atom stereocenters. The van der Waals surface area contributed by atoms with Crippen molar-refractivity contribution in [2.45, 2.75) is 38.6 Å². The maximum Gasteiger partial charge on any atom is 0.273 e. The fraction of sp³-hybridized carbons (Fsp3) is 0.462. The Hall–Kier alpha value is -1.91. The van der Waals surface area contributed by atoms with Gasteiger partial charge in [0, 0.05) is 23.2 Å². The van der Waals surface area contributed by atoms with Crippen molar-refractivity contribution < 1.29 is 9.72 Å². The fourth-order valence-corrected chi connectivity index (χ4v) is 2.29. The molecule has 0 bridgehead atoms. The first-order valence-electron chi connectivity index (χ1n) is 6.14. The van der Waals surface area contributed by atoms with Gasteiger partial charge in [0.15, 0.2) is 0 Å². The molecule has 0 aromatic heterocycles. The van der Waals surface area contributed by atoms with E-state index in [0.717, 1.165) is 25.7 Å². The molecule has 1 aromatic rings. The zero-order valence-corrected chi connectivity index (χ0v) is 10.3. The summed E-state index contributed by atoms with van der Waals surface area (Å²) in [6.07, 6.45) is 4.28. The lowest BCUT2D eigenvalue weighted by Crippen LogP contribution is -2.32. The molecule has 0 heterocycles. The van der Waals surface area contributed by atoms with E-state index < -0.39 is 4.92 Å². The van der Waals surface area contributed by atoms with Gasteiger partial charge in [-0.2, -0.15) is 0 Å². The lowest BCUT2D eigenvalue weighted by molar-refractivity contribution is -0.385. The van der Waals surface area contributed by atoms with Crippen LogP contribution in [0.5, 0.6) is 0 Å². The average molecular weight is 248 g/mol. The van der Waals surface area contributed by atoms with E-state index in [1.165, 1.54) is 6.07 Å². The molecule has 1 aliphatic rings. The van der Waals surface area contributed by atoms with Crippen molar-refractivity contribution in [1.82, 2.24) is 5.32 Å². The lowest BCUT2D eigenvalue weighted by Gasteiger charge is -2.11. The smallest absolute Gasteiger partial charge is 0.273 e. The molecule has 1 N–H and O–H groups in total. The summed E-state index contributed by atoms with van der Waals surface area (Å²) in [5.41, 5.74) is 0.922. The summed E-state index contributed by atoms with van der Waals surface area (Å²) < 4.78 is 0. The van der Waals surface area contributed by atoms with Gasteiger partial charge in [0.2, 0.25) is 0 Å². The molecule has 1 fully saturated rings. The molecule has 0 spiro atoms. The summed E-state index contributed by atoms with van der Waals surface area (Å²) in [6, 6.07) is 4.81. The molecule has 0 atom stereocenters. The molecule has 96 valence electrons. The molecule has 0 radical (unpaired) electrons. The van der Waals surface area contributed by atoms with Crippen molar-refractivity contribution in [2.24, 2.45) is 0 Å². The van der Waals surface area contributed by atoms with Gasteiger partial charge in [-0.1, -0.05) is 18.9 Å². The van der Waals surface area contributed by atoms with Crippen LogP contribution in [0.4, 0.5) is 5.69 Å². The molecule has 5 heteroatoms. The number of carbonyl (C=O) groups excluding carboxylic acids is 1. The molecule has 18 heavy (non-hydrogen) atoms. The number of carbonyl (C=O) groups is 1. The Morgan fingerprint density at radius 1 is 1.39 bits per heavy atom. The van der Waals surface area contributed by atoms with E-state index in [1.54, 1.807) is 19.1 Å². The second-order valence-electron chi connectivity index (χ2n) is 4.71. The summed E-state index contributed by atoms with van der Waals surface area (Å²) in [4.78, 5) is 22.3. The number of rotatable bonds is 3. The molecule has 1 aromatic carbocycles. The highest BCUT2D eigenvalue weighted by atomic mass is 16.6. The summed E-state index contributed by atoms with van der Waals surface area (Å²) in [5.74, 6) is -0.218. The Bertz CT molecular complexity index is 479. The maximum absolute atomic E-state index is 12.0. The van der Waals surface area contributed by atoms with Gasteiger partial charge in [-0.15, -0.1) is 0 Å². The quantitative estimate of drug-likeness (QED) is 0.660. The predicted molar refractivity (Wildman–Crippen MR) is 67.6 cm³/mol. The van der Waals surface area contributed by atoms with E-state index in [0.29, 0.717) is 11.1 Å². The van der Waals surface area contributed by atoms with Crippen LogP contribution < -0.4 is 5.32 Å². The standard InChI is InChI=1S/C13H16N2O3/c1-9-6-7-10(8-12(9)15(17)18)13(16)14-11-4-2-3-5-11/h6-8,11H,2-5H2,1H3,(H,14,16). The number of hydrogen-bond donors (Lipinski definition) is 1. The molecule has 0 aliphatic heterocycles. The highest BCUT2D eigenvalue weighted by molar-refractivity contribution is 5.95. The lowest BCUT2D eigenvalue weighted by atomic mass is 10.1. The summed E-state index contributed by atoms with van der Waals surface area (Å²) in [7, 11) is 0. The predicted octanol–water partition coefficient (Wildman–Crippen LogP) is 2.58. The SMILES string of the molecule is Cc1ccc(C(=O)NC2CCCC2)cc1[N+](=O)[O-]. The first-order chi connectivity index (χ1) is 8.58. The van der Waals surface area contributed by atoms with E-state index in [4.69, 9.17) is 0 Å². The molecule has 2 rings (SSSR count). The van der Waals surface area contributed by atoms with E-state index in [-0.39, 0.29) is 17.6 Å². The van der Waals surface area contributed by atoms with Crippen LogP contribution in [0.1, 0.15) is 41.6 Å². The number of nitrogens with zero attached hydrogens (tertiary/aromatic N) is 1. The molecule has 1 saturated carbocycles. The Morgan fingerprint density at radius 3 is 2.67 bits per heavy atom. The van der Waals surface area contributed by atoms with E-state index in [1.807, 2.05) is 0 Å². The van der Waals surface area contributed by atoms with Gasteiger partial charge in [-0.3, -0.25) is 14.9 Å². The maximum atomic E-state index is 12.0. The van der Waals surface area contributed by atoms with Crippen LogP contribution in [-0.2, 0) is 0 Å². The minimum atomic E-state index is -0.457. The van der Waals surface area contributed by atoms with Crippen LogP contribution in [0.25, 0.3) is 0 Å². The van der Waals surface area contributed by atoms with Crippen LogP contribution in [0, 0.1) is 17.0 Å². The largest absolute Gasteiger partial charge is 0.349 e. The summed E-state index contributed by atoms with van der Waals surface area (Å²) in [5, 5.41) is 13.7. The first-order valence-corrected chi connectivity index (χ1v) is 6.14. The third-order valence-electron chi connectivity index (χ3n) is 3.36. The van der Waals surface area contributed by atoms with Gasteiger partial charge in [0.25, 0.3) is 11.6 Å². The number of benzene rings is 1. The first kappa shape index (κ1) is 12.5. The molecular formula is C13H16N2O3. The van der Waals surface area contributed by atoms with Gasteiger partial charge >= 0.3 is 0 Å². The monoisotopic (exact) mass is 248 g/mol. The van der Waals surface area contributed by atoms with Crippen LogP contribution in [0.2, 0.25) is 0 Å². The van der Waals surface area contributed by atoms with Crippen molar-refractivity contribution in [3.63, 3.8) is 0 Å². The van der Waals surface area contributed by atoms with Gasteiger partial charge in [0.1, 0.15) is 0 Å². The Balaban J connectivity index is 2.14. The number of hydrogen-bond acceptors (Lipinski definition) is 3. The normalized spacial score (nSPS) is 15.6. The number of nitrogens with one attached hydrogen (secondary N) is 1. The molecule has 1 aliphatic carbocycles. The van der Waals surface area contributed by atoms with Crippen molar-refractivity contribution in [3.8, 4) is 0 Å². The number of amides is 1. The minimum absolute atomic E-state index is 0.00549. The number of nitro groups is 1. The van der Waals surface area contributed by atoms with Crippen LogP contribution in [0.3, 0.4) is 0 Å². The number of nitro benzene ring substituents is 1. The van der Waals surface area contributed by atoms with E-state index in [9.17, 15) is 14.9 Å². The minimum Gasteiger partial charge on any atom is -0.349 e. The summed E-state index contributed by atoms with van der Waals surface area (Å²) >= 11 is 0. The zero-order chi connectivity index (χ0) is 13.1. The second-order valence-corrected chi connectivity index (χ2v) is 4.71. The van der Waals surface area contributed by atoms with Gasteiger partial charge < -0.3 is 5.32 Å². The van der Waals surface area contributed by atoms with Crippen LogP contribution >= 0.6 is 0 Å². The topological polar surface area (TPSA) is 72.2 Å². The number of aryl methyl sites for hydroxylation is 1. The molecular weight excluding hydrogens is 232 g/mol. The highest BCUT2D eigenvalue weighted by Gasteiger charge is 2.20. The zero-order valence-electron chi connectivity index (χ0n) is 10.3. The van der Waals surface area contributed by atoms with Gasteiger partial charge in [0.05, 0.1) is 4.92 Å². The third-order valence-corrected chi connectivity index (χ3v) is 3.36. The molecule has 0 saturated heterocycles. The van der Waals surface area contributed by atoms with Gasteiger partial charge in [-0.05, 0) is 25.8 Å². The second kappa shape index (κ2) is 5.16. The van der Waals surface area contributed by atoms with Crippen molar-refractivity contribution in [3.05, 3.63) is 39.4 Å². The Kier molecular flexibility index (Phi) is 3.60.